The fourth-order valence-corrected chi connectivity index (χ4v) is 7.06. The summed E-state index contributed by atoms with van der Waals surface area (Å²) in [6.07, 6.45) is 5.61. The monoisotopic (exact) mass is 603 g/mol. The van der Waals surface area contributed by atoms with Crippen LogP contribution in [0.2, 0.25) is 0 Å². The van der Waals surface area contributed by atoms with Crippen molar-refractivity contribution in [3.05, 3.63) is 95.6 Å². The van der Waals surface area contributed by atoms with E-state index < -0.39 is 28.5 Å². The van der Waals surface area contributed by atoms with Crippen LogP contribution in [-0.4, -0.2) is 43.8 Å². The number of carbonyl (C=O) groups excluding carboxylic acids is 2. The zero-order valence-electron chi connectivity index (χ0n) is 25.8. The van der Waals surface area contributed by atoms with Crippen LogP contribution >= 0.6 is 0 Å². The zero-order valence-corrected chi connectivity index (χ0v) is 26.6. The van der Waals surface area contributed by atoms with Crippen molar-refractivity contribution in [1.29, 1.82) is 0 Å². The molecule has 0 aliphatic heterocycles. The molecule has 3 aromatic rings. The first-order valence-corrected chi connectivity index (χ1v) is 16.9. The van der Waals surface area contributed by atoms with Crippen LogP contribution in [0.15, 0.2) is 83.8 Å². The number of nitrogens with zero attached hydrogens (tertiary/aromatic N) is 2. The van der Waals surface area contributed by atoms with Crippen molar-refractivity contribution in [2.75, 3.05) is 10.8 Å². The maximum Gasteiger partial charge on any atom is 0.264 e. The van der Waals surface area contributed by atoms with Crippen LogP contribution in [0.25, 0.3) is 0 Å². The third kappa shape index (κ3) is 8.25. The lowest BCUT2D eigenvalue weighted by Crippen LogP contribution is -2.54. The topological polar surface area (TPSA) is 86.8 Å². The van der Waals surface area contributed by atoms with E-state index >= 15 is 0 Å². The molecule has 3 aromatic carbocycles. The van der Waals surface area contributed by atoms with Crippen molar-refractivity contribution < 1.29 is 18.0 Å². The second-order valence-corrected chi connectivity index (χ2v) is 13.7. The fraction of sp³-hybridized carbons (Fsp3) is 0.429. The predicted molar refractivity (Wildman–Crippen MR) is 172 cm³/mol. The first kappa shape index (κ1) is 32.3. The first-order valence-electron chi connectivity index (χ1n) is 15.4. The predicted octanol–water partition coefficient (Wildman–Crippen LogP) is 6.57. The Morgan fingerprint density at radius 2 is 1.51 bits per heavy atom. The Kier molecular flexibility index (Phi) is 11.0. The molecule has 1 aliphatic carbocycles. The summed E-state index contributed by atoms with van der Waals surface area (Å²) in [5.74, 6) is -0.347. The quantitative estimate of drug-likeness (QED) is 0.254. The lowest BCUT2D eigenvalue weighted by atomic mass is 9.95. The summed E-state index contributed by atoms with van der Waals surface area (Å²) in [7, 11) is -4.08. The van der Waals surface area contributed by atoms with Crippen molar-refractivity contribution in [3.63, 3.8) is 0 Å². The summed E-state index contributed by atoms with van der Waals surface area (Å²) in [6.45, 7) is 7.80. The number of hydrogen-bond acceptors (Lipinski definition) is 4. The molecule has 0 aromatic heterocycles. The molecular formula is C35H45N3O4S. The van der Waals surface area contributed by atoms with E-state index in [1.54, 1.807) is 35.2 Å². The minimum absolute atomic E-state index is 0.0982. The van der Waals surface area contributed by atoms with Crippen molar-refractivity contribution >= 4 is 27.5 Å². The molecule has 1 aliphatic rings. The van der Waals surface area contributed by atoms with E-state index in [-0.39, 0.29) is 29.3 Å². The number of nitrogens with one attached hydrogen (secondary N) is 1. The van der Waals surface area contributed by atoms with E-state index in [4.69, 9.17) is 0 Å². The number of carbonyl (C=O) groups is 2. The second-order valence-electron chi connectivity index (χ2n) is 11.8. The highest BCUT2D eigenvalue weighted by Crippen LogP contribution is 2.27. The normalized spacial score (nSPS) is 14.7. The van der Waals surface area contributed by atoms with Gasteiger partial charge in [0.15, 0.2) is 0 Å². The fourth-order valence-electron chi connectivity index (χ4n) is 5.63. The second kappa shape index (κ2) is 14.7. The molecular weight excluding hydrogens is 558 g/mol. The molecule has 0 spiro atoms. The molecule has 0 unspecified atom stereocenters. The van der Waals surface area contributed by atoms with Gasteiger partial charge in [0, 0.05) is 12.6 Å². The van der Waals surface area contributed by atoms with Gasteiger partial charge in [-0.3, -0.25) is 13.9 Å². The van der Waals surface area contributed by atoms with Crippen molar-refractivity contribution in [1.82, 2.24) is 10.2 Å². The Morgan fingerprint density at radius 3 is 2.09 bits per heavy atom. The summed E-state index contributed by atoms with van der Waals surface area (Å²) < 4.78 is 29.2. The van der Waals surface area contributed by atoms with Crippen LogP contribution in [0.5, 0.6) is 0 Å². The molecule has 230 valence electrons. The van der Waals surface area contributed by atoms with E-state index in [0.717, 1.165) is 42.4 Å². The highest BCUT2D eigenvalue weighted by atomic mass is 32.2. The Morgan fingerprint density at radius 1 is 0.884 bits per heavy atom. The molecule has 7 nitrogen and oxygen atoms in total. The van der Waals surface area contributed by atoms with Gasteiger partial charge < -0.3 is 10.2 Å². The summed E-state index contributed by atoms with van der Waals surface area (Å²) >= 11 is 0. The van der Waals surface area contributed by atoms with Crippen LogP contribution in [0.3, 0.4) is 0 Å². The van der Waals surface area contributed by atoms with E-state index in [1.807, 2.05) is 50.2 Å². The largest absolute Gasteiger partial charge is 0.352 e. The molecule has 8 heteroatoms. The van der Waals surface area contributed by atoms with Gasteiger partial charge in [0.05, 0.1) is 10.6 Å². The van der Waals surface area contributed by atoms with Gasteiger partial charge in [-0.25, -0.2) is 8.42 Å². The molecule has 0 radical (unpaired) electrons. The van der Waals surface area contributed by atoms with Crippen LogP contribution < -0.4 is 9.62 Å². The van der Waals surface area contributed by atoms with Crippen LogP contribution in [0.1, 0.15) is 81.9 Å². The van der Waals surface area contributed by atoms with Gasteiger partial charge in [-0.05, 0) is 67.5 Å². The lowest BCUT2D eigenvalue weighted by Gasteiger charge is -2.34. The summed E-state index contributed by atoms with van der Waals surface area (Å²) in [5.41, 5.74) is 3.44. The Balaban J connectivity index is 1.70. The number of sulfonamides is 1. The van der Waals surface area contributed by atoms with Gasteiger partial charge in [0.2, 0.25) is 11.8 Å². The van der Waals surface area contributed by atoms with Gasteiger partial charge in [-0.2, -0.15) is 0 Å². The third-order valence-corrected chi connectivity index (χ3v) is 10.1. The Bertz CT molecular complexity index is 1450. The third-order valence-electron chi connectivity index (χ3n) is 8.27. The Hall–Kier alpha value is -3.65. The molecule has 0 bridgehead atoms. The van der Waals surface area contributed by atoms with Crippen LogP contribution in [0.4, 0.5) is 5.69 Å². The average molecular weight is 604 g/mol. The minimum atomic E-state index is -4.08. The van der Waals surface area contributed by atoms with Crippen molar-refractivity contribution in [2.45, 2.75) is 95.7 Å². The molecule has 0 heterocycles. The lowest BCUT2D eigenvalue weighted by molar-refractivity contribution is -0.140. The SMILES string of the molecule is CC[C@@H](C(=O)NC1CCCCC1)N(Cc1ccc(C)cc1)C(=O)CN(c1ccc(C(C)C)cc1)S(=O)(=O)c1ccccc1. The number of hydrogen-bond donors (Lipinski definition) is 1. The van der Waals surface area contributed by atoms with Crippen molar-refractivity contribution in [2.24, 2.45) is 0 Å². The van der Waals surface area contributed by atoms with E-state index in [0.29, 0.717) is 12.1 Å². The van der Waals surface area contributed by atoms with Gasteiger partial charge in [0.1, 0.15) is 12.6 Å². The summed E-state index contributed by atoms with van der Waals surface area (Å²) in [5, 5.41) is 3.19. The summed E-state index contributed by atoms with van der Waals surface area (Å²) in [6, 6.07) is 22.7. The standard InChI is InChI=1S/C35H45N3O4S/c1-5-33(35(40)36-30-12-8-6-9-13-30)37(24-28-18-16-27(4)17-19-28)34(39)25-38(31-22-20-29(21-23-31)26(2)3)43(41,42)32-14-10-7-11-15-32/h7,10-11,14-23,26,30,33H,5-6,8-9,12-13,24-25H2,1-4H3,(H,36,40)/t33-/m0/s1. The molecule has 2 amide bonds. The van der Waals surface area contributed by atoms with Gasteiger partial charge in [-0.1, -0.05) is 100 Å². The number of benzene rings is 3. The molecule has 1 saturated carbocycles. The number of anilines is 1. The van der Waals surface area contributed by atoms with Crippen LogP contribution in [-0.2, 0) is 26.2 Å². The highest BCUT2D eigenvalue weighted by molar-refractivity contribution is 7.92. The zero-order chi connectivity index (χ0) is 31.0. The molecule has 1 N–H and O–H groups in total. The van der Waals surface area contributed by atoms with E-state index in [9.17, 15) is 18.0 Å². The average Bonchev–Trinajstić information content (AvgIpc) is 3.01. The van der Waals surface area contributed by atoms with Crippen molar-refractivity contribution in [3.8, 4) is 0 Å². The smallest absolute Gasteiger partial charge is 0.264 e. The van der Waals surface area contributed by atoms with E-state index in [2.05, 4.69) is 19.2 Å². The minimum Gasteiger partial charge on any atom is -0.352 e. The number of amides is 2. The maximum atomic E-state index is 14.3. The van der Waals surface area contributed by atoms with Crippen LogP contribution in [0, 0.1) is 6.92 Å². The Labute approximate surface area is 257 Å². The first-order chi connectivity index (χ1) is 20.6. The summed E-state index contributed by atoms with van der Waals surface area (Å²) in [4.78, 5) is 29.6. The molecule has 0 saturated heterocycles. The van der Waals surface area contributed by atoms with Gasteiger partial charge >= 0.3 is 0 Å². The number of rotatable bonds is 12. The maximum absolute atomic E-state index is 14.3. The van der Waals surface area contributed by atoms with Gasteiger partial charge in [-0.15, -0.1) is 0 Å². The number of aryl methyl sites for hydroxylation is 1. The molecule has 4 rings (SSSR count). The van der Waals surface area contributed by atoms with E-state index in [1.165, 1.54) is 22.9 Å². The molecule has 1 fully saturated rings. The van der Waals surface area contributed by atoms with Gasteiger partial charge in [0.25, 0.3) is 10.0 Å². The molecule has 1 atom stereocenters. The molecule has 43 heavy (non-hydrogen) atoms. The highest BCUT2D eigenvalue weighted by Gasteiger charge is 2.34.